The van der Waals surface area contributed by atoms with E-state index in [1.54, 1.807) is 6.07 Å². The van der Waals surface area contributed by atoms with Gasteiger partial charge in [0.25, 0.3) is 0 Å². The monoisotopic (exact) mass is 286 g/mol. The van der Waals surface area contributed by atoms with Gasteiger partial charge in [-0.25, -0.2) is 9.78 Å². The van der Waals surface area contributed by atoms with Gasteiger partial charge in [0.1, 0.15) is 5.82 Å². The first-order valence-corrected chi connectivity index (χ1v) is 7.06. The maximum absolute atomic E-state index is 11.3. The topological polar surface area (TPSA) is 71.5 Å². The molecule has 110 valence electrons. The smallest absolute Gasteiger partial charge is 0.354 e. The summed E-state index contributed by atoms with van der Waals surface area (Å²) in [5, 5.41) is 14.5. The van der Waals surface area contributed by atoms with Gasteiger partial charge in [-0.05, 0) is 31.2 Å². The standard InChI is InChI=1S/C16H18N2O3/c1-16(6-8-21-9-7-16)18-14-12-5-3-2-4-11(12)10-13(17-14)15(19)20/h2-5,10H,6-9H2,1H3,(H,17,18)(H,19,20). The number of ether oxygens (including phenoxy) is 1. The molecule has 5 heteroatoms. The lowest BCUT2D eigenvalue weighted by Gasteiger charge is -2.35. The summed E-state index contributed by atoms with van der Waals surface area (Å²) in [4.78, 5) is 15.5. The molecule has 0 atom stereocenters. The number of carbonyl (C=O) groups is 1. The molecule has 0 aliphatic carbocycles. The van der Waals surface area contributed by atoms with Crippen LogP contribution in [-0.2, 0) is 4.74 Å². The molecule has 2 N–H and O–H groups in total. The highest BCUT2D eigenvalue weighted by Crippen LogP contribution is 2.29. The van der Waals surface area contributed by atoms with E-state index in [1.807, 2.05) is 24.3 Å². The van der Waals surface area contributed by atoms with Crippen LogP contribution in [0, 0.1) is 0 Å². The number of aromatic nitrogens is 1. The summed E-state index contributed by atoms with van der Waals surface area (Å²) in [5.41, 5.74) is -0.0580. The lowest BCUT2D eigenvalue weighted by atomic mass is 9.92. The summed E-state index contributed by atoms with van der Waals surface area (Å²) < 4.78 is 5.40. The highest BCUT2D eigenvalue weighted by molar-refractivity contribution is 5.97. The minimum Gasteiger partial charge on any atom is -0.477 e. The number of carboxylic acids is 1. The number of hydrogen-bond acceptors (Lipinski definition) is 4. The van der Waals surface area contributed by atoms with Crippen LogP contribution in [0.5, 0.6) is 0 Å². The first-order chi connectivity index (χ1) is 10.1. The van der Waals surface area contributed by atoms with E-state index in [-0.39, 0.29) is 11.2 Å². The van der Waals surface area contributed by atoms with Crippen molar-refractivity contribution in [1.82, 2.24) is 4.98 Å². The van der Waals surface area contributed by atoms with E-state index in [0.717, 1.165) is 23.6 Å². The molecule has 0 saturated carbocycles. The van der Waals surface area contributed by atoms with Crippen molar-refractivity contribution < 1.29 is 14.6 Å². The van der Waals surface area contributed by atoms with Gasteiger partial charge in [0.15, 0.2) is 5.69 Å². The molecule has 2 heterocycles. The number of hydrogen-bond donors (Lipinski definition) is 2. The molecule has 1 aromatic heterocycles. The van der Waals surface area contributed by atoms with Crippen LogP contribution < -0.4 is 5.32 Å². The Morgan fingerprint density at radius 2 is 2.05 bits per heavy atom. The summed E-state index contributed by atoms with van der Waals surface area (Å²) in [6, 6.07) is 9.30. The molecule has 1 aliphatic rings. The first kappa shape index (κ1) is 13.8. The Morgan fingerprint density at radius 1 is 1.33 bits per heavy atom. The van der Waals surface area contributed by atoms with Crippen molar-refractivity contribution in [1.29, 1.82) is 0 Å². The molecule has 2 aromatic rings. The van der Waals surface area contributed by atoms with Gasteiger partial charge in [0.05, 0.1) is 0 Å². The minimum atomic E-state index is -1.01. The number of nitrogens with zero attached hydrogens (tertiary/aromatic N) is 1. The van der Waals surface area contributed by atoms with Gasteiger partial charge >= 0.3 is 5.97 Å². The molecule has 0 spiro atoms. The van der Waals surface area contributed by atoms with Gasteiger partial charge in [-0.1, -0.05) is 24.3 Å². The van der Waals surface area contributed by atoms with Crippen molar-refractivity contribution in [3.8, 4) is 0 Å². The van der Waals surface area contributed by atoms with Gasteiger partial charge < -0.3 is 15.2 Å². The molecule has 1 aliphatic heterocycles. The highest BCUT2D eigenvalue weighted by atomic mass is 16.5. The van der Waals surface area contributed by atoms with Gasteiger partial charge in [0, 0.05) is 24.1 Å². The average molecular weight is 286 g/mol. The number of benzene rings is 1. The molecule has 0 radical (unpaired) electrons. The Kier molecular flexibility index (Phi) is 3.51. The van der Waals surface area contributed by atoms with E-state index in [4.69, 9.17) is 4.74 Å². The Balaban J connectivity index is 2.05. The SMILES string of the molecule is CC1(Nc2nc(C(=O)O)cc3ccccc23)CCOCC1. The Morgan fingerprint density at radius 3 is 2.76 bits per heavy atom. The van der Waals surface area contributed by atoms with E-state index >= 15 is 0 Å². The molecular formula is C16H18N2O3. The third-order valence-electron chi connectivity index (χ3n) is 3.98. The fourth-order valence-electron chi connectivity index (χ4n) is 2.64. The number of carboxylic acid groups (broad SMARTS) is 1. The molecule has 1 saturated heterocycles. The van der Waals surface area contributed by atoms with Crippen LogP contribution in [0.1, 0.15) is 30.3 Å². The fourth-order valence-corrected chi connectivity index (χ4v) is 2.64. The second-order valence-electron chi connectivity index (χ2n) is 5.68. The van der Waals surface area contributed by atoms with Crippen molar-refractivity contribution >= 4 is 22.6 Å². The van der Waals surface area contributed by atoms with E-state index in [9.17, 15) is 9.90 Å². The molecule has 5 nitrogen and oxygen atoms in total. The van der Waals surface area contributed by atoms with E-state index in [2.05, 4.69) is 17.2 Å². The zero-order chi connectivity index (χ0) is 14.9. The van der Waals surface area contributed by atoms with Crippen molar-refractivity contribution in [3.05, 3.63) is 36.0 Å². The number of rotatable bonds is 3. The zero-order valence-electron chi connectivity index (χ0n) is 11.9. The highest BCUT2D eigenvalue weighted by Gasteiger charge is 2.28. The lowest BCUT2D eigenvalue weighted by Crippen LogP contribution is -2.41. The molecule has 0 bridgehead atoms. The molecule has 3 rings (SSSR count). The number of aromatic carboxylic acids is 1. The number of anilines is 1. The molecule has 1 fully saturated rings. The lowest BCUT2D eigenvalue weighted by molar-refractivity contribution is 0.0654. The van der Waals surface area contributed by atoms with E-state index in [0.29, 0.717) is 19.0 Å². The van der Waals surface area contributed by atoms with Crippen LogP contribution in [0.25, 0.3) is 10.8 Å². The third kappa shape index (κ3) is 2.83. The Bertz CT molecular complexity index is 678. The predicted octanol–water partition coefficient (Wildman–Crippen LogP) is 2.91. The number of pyridine rings is 1. The van der Waals surface area contributed by atoms with E-state index < -0.39 is 5.97 Å². The maximum Gasteiger partial charge on any atom is 0.354 e. The second kappa shape index (κ2) is 5.33. The van der Waals surface area contributed by atoms with Crippen LogP contribution in [-0.4, -0.2) is 34.8 Å². The largest absolute Gasteiger partial charge is 0.477 e. The summed E-state index contributed by atoms with van der Waals surface area (Å²) in [6.07, 6.45) is 1.75. The van der Waals surface area contributed by atoms with E-state index in [1.165, 1.54) is 0 Å². The number of fused-ring (bicyclic) bond motifs is 1. The fraction of sp³-hybridized carbons (Fsp3) is 0.375. The van der Waals surface area contributed by atoms with Gasteiger partial charge in [-0.2, -0.15) is 0 Å². The first-order valence-electron chi connectivity index (χ1n) is 7.06. The summed E-state index contributed by atoms with van der Waals surface area (Å²) in [5.74, 6) is -0.379. The van der Waals surface area contributed by atoms with Crippen LogP contribution in [0.4, 0.5) is 5.82 Å². The van der Waals surface area contributed by atoms with Crippen molar-refractivity contribution in [2.75, 3.05) is 18.5 Å². The van der Waals surface area contributed by atoms with Crippen molar-refractivity contribution in [2.24, 2.45) is 0 Å². The Labute approximate surface area is 123 Å². The van der Waals surface area contributed by atoms with Crippen molar-refractivity contribution in [2.45, 2.75) is 25.3 Å². The maximum atomic E-state index is 11.3. The van der Waals surface area contributed by atoms with Gasteiger partial charge in [0.2, 0.25) is 0 Å². The predicted molar refractivity (Wildman–Crippen MR) is 80.8 cm³/mol. The second-order valence-corrected chi connectivity index (χ2v) is 5.68. The van der Waals surface area contributed by atoms with Crippen LogP contribution in [0.3, 0.4) is 0 Å². The van der Waals surface area contributed by atoms with Crippen LogP contribution in [0.15, 0.2) is 30.3 Å². The molecule has 1 aromatic carbocycles. The quantitative estimate of drug-likeness (QED) is 0.907. The average Bonchev–Trinajstić information content (AvgIpc) is 2.47. The summed E-state index contributed by atoms with van der Waals surface area (Å²) in [6.45, 7) is 3.54. The summed E-state index contributed by atoms with van der Waals surface area (Å²) in [7, 11) is 0. The van der Waals surface area contributed by atoms with Gasteiger partial charge in [-0.15, -0.1) is 0 Å². The zero-order valence-corrected chi connectivity index (χ0v) is 11.9. The normalized spacial score (nSPS) is 17.6. The third-order valence-corrected chi connectivity index (χ3v) is 3.98. The summed E-state index contributed by atoms with van der Waals surface area (Å²) >= 11 is 0. The molecule has 21 heavy (non-hydrogen) atoms. The molecule has 0 unspecified atom stereocenters. The molecule has 0 amide bonds. The Hall–Kier alpha value is -2.14. The van der Waals surface area contributed by atoms with Gasteiger partial charge in [-0.3, -0.25) is 0 Å². The van der Waals surface area contributed by atoms with Crippen LogP contribution in [0.2, 0.25) is 0 Å². The number of nitrogens with one attached hydrogen (secondary N) is 1. The minimum absolute atomic E-state index is 0.0619. The molecular weight excluding hydrogens is 268 g/mol. The van der Waals surface area contributed by atoms with Crippen molar-refractivity contribution in [3.63, 3.8) is 0 Å². The van der Waals surface area contributed by atoms with Crippen LogP contribution >= 0.6 is 0 Å².